The Labute approximate surface area is 116 Å². The molecule has 0 bridgehead atoms. The SMILES string of the molecule is Cl.N[C@@H](c1ccc(Cl)cc1Br)C1CCCC1. The Kier molecular flexibility index (Phi) is 5.58. The van der Waals surface area contributed by atoms with E-state index in [0.29, 0.717) is 5.92 Å². The van der Waals surface area contributed by atoms with Gasteiger partial charge in [0.15, 0.2) is 0 Å². The van der Waals surface area contributed by atoms with Crippen LogP contribution in [0.1, 0.15) is 37.3 Å². The average Bonchev–Trinajstić information content (AvgIpc) is 2.69. The maximum absolute atomic E-state index is 6.28. The number of benzene rings is 1. The molecule has 1 atom stereocenters. The summed E-state index contributed by atoms with van der Waals surface area (Å²) in [5, 5.41) is 0.754. The van der Waals surface area contributed by atoms with Crippen LogP contribution in [0.4, 0.5) is 0 Å². The molecule has 1 aromatic rings. The van der Waals surface area contributed by atoms with Gasteiger partial charge >= 0.3 is 0 Å². The molecule has 0 aromatic heterocycles. The third kappa shape index (κ3) is 3.13. The molecule has 90 valence electrons. The molecule has 1 nitrogen and oxygen atoms in total. The fraction of sp³-hybridized carbons (Fsp3) is 0.500. The molecule has 0 aliphatic heterocycles. The minimum absolute atomic E-state index is 0. The van der Waals surface area contributed by atoms with Crippen molar-refractivity contribution in [2.75, 3.05) is 0 Å². The minimum atomic E-state index is 0. The summed E-state index contributed by atoms with van der Waals surface area (Å²) in [6, 6.07) is 6.02. The molecule has 2 N–H and O–H groups in total. The zero-order valence-electron chi connectivity index (χ0n) is 8.96. The summed E-state index contributed by atoms with van der Waals surface area (Å²) in [6.45, 7) is 0. The summed E-state index contributed by atoms with van der Waals surface area (Å²) in [5.41, 5.74) is 7.46. The summed E-state index contributed by atoms with van der Waals surface area (Å²) in [7, 11) is 0. The van der Waals surface area contributed by atoms with Gasteiger partial charge in [-0.25, -0.2) is 0 Å². The van der Waals surface area contributed by atoms with Crippen LogP contribution >= 0.6 is 39.9 Å². The van der Waals surface area contributed by atoms with Crippen LogP contribution in [0, 0.1) is 5.92 Å². The lowest BCUT2D eigenvalue weighted by Crippen LogP contribution is -2.19. The van der Waals surface area contributed by atoms with Crippen molar-refractivity contribution in [3.8, 4) is 0 Å². The maximum Gasteiger partial charge on any atom is 0.0417 e. The second kappa shape index (κ2) is 6.25. The molecule has 0 heterocycles. The van der Waals surface area contributed by atoms with Crippen LogP contribution < -0.4 is 5.73 Å². The highest BCUT2D eigenvalue weighted by Gasteiger charge is 2.24. The summed E-state index contributed by atoms with van der Waals surface area (Å²) in [5.74, 6) is 0.641. The first kappa shape index (κ1) is 14.3. The number of halogens is 3. The number of nitrogens with two attached hydrogens (primary N) is 1. The van der Waals surface area contributed by atoms with Crippen molar-refractivity contribution in [3.05, 3.63) is 33.3 Å². The molecule has 0 amide bonds. The number of hydrogen-bond acceptors (Lipinski definition) is 1. The van der Waals surface area contributed by atoms with Gasteiger partial charge in [0.25, 0.3) is 0 Å². The van der Waals surface area contributed by atoms with E-state index in [4.69, 9.17) is 17.3 Å². The zero-order chi connectivity index (χ0) is 10.8. The van der Waals surface area contributed by atoms with Gasteiger partial charge in [-0.3, -0.25) is 0 Å². The van der Waals surface area contributed by atoms with Crippen molar-refractivity contribution in [1.29, 1.82) is 0 Å². The highest BCUT2D eigenvalue weighted by Crippen LogP contribution is 2.37. The fourth-order valence-electron chi connectivity index (χ4n) is 2.34. The lowest BCUT2D eigenvalue weighted by Gasteiger charge is -2.20. The van der Waals surface area contributed by atoms with E-state index in [1.807, 2.05) is 18.2 Å². The third-order valence-corrected chi connectivity index (χ3v) is 4.15. The Balaban J connectivity index is 0.00000128. The zero-order valence-corrected chi connectivity index (χ0v) is 12.1. The molecule has 0 radical (unpaired) electrons. The standard InChI is InChI=1S/C12H15BrClN.ClH/c13-11-7-9(14)5-6-10(11)12(15)8-3-1-2-4-8;/h5-8,12H,1-4,15H2;1H/t12-;/m1./s1. The lowest BCUT2D eigenvalue weighted by atomic mass is 9.93. The fourth-order valence-corrected chi connectivity index (χ4v) is 3.29. The van der Waals surface area contributed by atoms with Gasteiger partial charge in [0.1, 0.15) is 0 Å². The van der Waals surface area contributed by atoms with E-state index in [2.05, 4.69) is 15.9 Å². The second-order valence-electron chi connectivity index (χ2n) is 4.24. The van der Waals surface area contributed by atoms with Gasteiger partial charge in [0.05, 0.1) is 0 Å². The van der Waals surface area contributed by atoms with E-state index in [-0.39, 0.29) is 18.4 Å². The predicted octanol–water partition coefficient (Wildman–Crippen LogP) is 4.71. The van der Waals surface area contributed by atoms with E-state index < -0.39 is 0 Å². The van der Waals surface area contributed by atoms with Crippen molar-refractivity contribution < 1.29 is 0 Å². The van der Waals surface area contributed by atoms with Gasteiger partial charge in [-0.2, -0.15) is 0 Å². The molecule has 1 fully saturated rings. The molecule has 1 aliphatic rings. The van der Waals surface area contributed by atoms with Crippen molar-refractivity contribution in [2.24, 2.45) is 11.7 Å². The summed E-state index contributed by atoms with van der Waals surface area (Å²) in [4.78, 5) is 0. The topological polar surface area (TPSA) is 26.0 Å². The van der Waals surface area contributed by atoms with Gasteiger partial charge in [-0.05, 0) is 36.5 Å². The van der Waals surface area contributed by atoms with Crippen molar-refractivity contribution in [2.45, 2.75) is 31.7 Å². The summed E-state index contributed by atoms with van der Waals surface area (Å²) in [6.07, 6.45) is 5.17. The molecule has 16 heavy (non-hydrogen) atoms. The van der Waals surface area contributed by atoms with Crippen LogP contribution in [0.15, 0.2) is 22.7 Å². The van der Waals surface area contributed by atoms with Crippen LogP contribution in [-0.2, 0) is 0 Å². The maximum atomic E-state index is 6.28. The Hall–Kier alpha value is 0.240. The molecular weight excluding hydrogens is 309 g/mol. The molecule has 0 saturated heterocycles. The Morgan fingerprint density at radius 2 is 1.94 bits per heavy atom. The number of rotatable bonds is 2. The number of hydrogen-bond donors (Lipinski definition) is 1. The monoisotopic (exact) mass is 323 g/mol. The lowest BCUT2D eigenvalue weighted by molar-refractivity contribution is 0.444. The van der Waals surface area contributed by atoms with Crippen LogP contribution in [0.5, 0.6) is 0 Å². The highest BCUT2D eigenvalue weighted by atomic mass is 79.9. The van der Waals surface area contributed by atoms with Gasteiger partial charge in [0, 0.05) is 15.5 Å². The molecule has 1 saturated carbocycles. The van der Waals surface area contributed by atoms with Crippen molar-refractivity contribution in [1.82, 2.24) is 0 Å². The normalized spacial score (nSPS) is 18.2. The predicted molar refractivity (Wildman–Crippen MR) is 75.3 cm³/mol. The first-order valence-corrected chi connectivity index (χ1v) is 6.56. The Morgan fingerprint density at radius 3 is 2.50 bits per heavy atom. The van der Waals surface area contributed by atoms with Crippen molar-refractivity contribution in [3.63, 3.8) is 0 Å². The first-order valence-electron chi connectivity index (χ1n) is 5.39. The largest absolute Gasteiger partial charge is 0.324 e. The van der Waals surface area contributed by atoms with Crippen LogP contribution in [0.3, 0.4) is 0 Å². The summed E-state index contributed by atoms with van der Waals surface area (Å²) >= 11 is 9.44. The van der Waals surface area contributed by atoms with Crippen molar-refractivity contribution >= 4 is 39.9 Å². The van der Waals surface area contributed by atoms with E-state index in [9.17, 15) is 0 Å². The molecule has 0 unspecified atom stereocenters. The van der Waals surface area contributed by atoms with Crippen LogP contribution in [0.2, 0.25) is 5.02 Å². The molecule has 1 aromatic carbocycles. The molecule has 1 aliphatic carbocycles. The summed E-state index contributed by atoms with van der Waals surface area (Å²) < 4.78 is 1.04. The quantitative estimate of drug-likeness (QED) is 0.837. The van der Waals surface area contributed by atoms with E-state index in [1.165, 1.54) is 31.2 Å². The third-order valence-electron chi connectivity index (χ3n) is 3.23. The van der Waals surface area contributed by atoms with Gasteiger partial charge in [-0.1, -0.05) is 46.4 Å². The molecule has 4 heteroatoms. The Morgan fingerprint density at radius 1 is 1.31 bits per heavy atom. The smallest absolute Gasteiger partial charge is 0.0417 e. The Bertz CT molecular complexity index is 351. The second-order valence-corrected chi connectivity index (χ2v) is 5.53. The van der Waals surface area contributed by atoms with Gasteiger partial charge < -0.3 is 5.73 Å². The van der Waals surface area contributed by atoms with Crippen LogP contribution in [-0.4, -0.2) is 0 Å². The average molecular weight is 325 g/mol. The van der Waals surface area contributed by atoms with E-state index in [1.54, 1.807) is 0 Å². The molecule has 2 rings (SSSR count). The minimum Gasteiger partial charge on any atom is -0.324 e. The van der Waals surface area contributed by atoms with E-state index >= 15 is 0 Å². The van der Waals surface area contributed by atoms with Gasteiger partial charge in [-0.15, -0.1) is 12.4 Å². The van der Waals surface area contributed by atoms with Crippen LogP contribution in [0.25, 0.3) is 0 Å². The molecule has 0 spiro atoms. The molecular formula is C12H16BrCl2N. The van der Waals surface area contributed by atoms with Gasteiger partial charge in [0.2, 0.25) is 0 Å². The first-order chi connectivity index (χ1) is 7.18. The van der Waals surface area contributed by atoms with E-state index in [0.717, 1.165) is 9.50 Å². The highest BCUT2D eigenvalue weighted by molar-refractivity contribution is 9.10.